The topological polar surface area (TPSA) is 63.9 Å². The standard InChI is InChI=1S/C20H25N5O/c1-13(2)24(12-16-8-6-7-9-21-16)20(26)17-10-15(5)23-19-18(17)11-22-25(19)14(3)4/h6-11,13-14H,12H2,1-5H3. The van der Waals surface area contributed by atoms with Gasteiger partial charge in [0, 0.05) is 24.0 Å². The van der Waals surface area contributed by atoms with Gasteiger partial charge in [0.2, 0.25) is 0 Å². The van der Waals surface area contributed by atoms with E-state index >= 15 is 0 Å². The van der Waals surface area contributed by atoms with Crippen LogP contribution in [0, 0.1) is 6.92 Å². The first-order chi connectivity index (χ1) is 12.4. The molecule has 0 N–H and O–H groups in total. The molecule has 3 aromatic rings. The largest absolute Gasteiger partial charge is 0.330 e. The first-order valence-electron chi connectivity index (χ1n) is 8.94. The van der Waals surface area contributed by atoms with Crippen LogP contribution in [-0.4, -0.2) is 36.6 Å². The fraction of sp³-hybridized carbons (Fsp3) is 0.400. The molecule has 0 unspecified atom stereocenters. The fourth-order valence-electron chi connectivity index (χ4n) is 3.01. The van der Waals surface area contributed by atoms with Gasteiger partial charge in [-0.2, -0.15) is 5.10 Å². The molecular weight excluding hydrogens is 326 g/mol. The van der Waals surface area contributed by atoms with Crippen LogP contribution in [-0.2, 0) is 6.54 Å². The lowest BCUT2D eigenvalue weighted by atomic mass is 10.1. The van der Waals surface area contributed by atoms with Crippen LogP contribution in [0.25, 0.3) is 11.0 Å². The van der Waals surface area contributed by atoms with E-state index in [1.54, 1.807) is 12.4 Å². The average molecular weight is 351 g/mol. The number of pyridine rings is 2. The van der Waals surface area contributed by atoms with Gasteiger partial charge in [-0.1, -0.05) is 6.07 Å². The average Bonchev–Trinajstić information content (AvgIpc) is 3.03. The lowest BCUT2D eigenvalue weighted by Gasteiger charge is -2.27. The minimum absolute atomic E-state index is 0.0236. The lowest BCUT2D eigenvalue weighted by molar-refractivity contribution is 0.0689. The first kappa shape index (κ1) is 18.0. The van der Waals surface area contributed by atoms with Gasteiger partial charge in [-0.05, 0) is 52.8 Å². The zero-order chi connectivity index (χ0) is 18.8. The van der Waals surface area contributed by atoms with Crippen LogP contribution in [0.15, 0.2) is 36.7 Å². The van der Waals surface area contributed by atoms with Gasteiger partial charge in [-0.3, -0.25) is 9.78 Å². The number of fused-ring (bicyclic) bond motifs is 1. The maximum absolute atomic E-state index is 13.4. The second kappa shape index (κ2) is 7.23. The quantitative estimate of drug-likeness (QED) is 0.702. The van der Waals surface area contributed by atoms with Crippen LogP contribution in [0.2, 0.25) is 0 Å². The molecule has 0 aliphatic carbocycles. The summed E-state index contributed by atoms with van der Waals surface area (Å²) >= 11 is 0. The number of aryl methyl sites for hydroxylation is 1. The Bertz CT molecular complexity index is 915. The Morgan fingerprint density at radius 2 is 2.00 bits per heavy atom. The molecule has 0 aromatic carbocycles. The molecule has 6 heteroatoms. The van der Waals surface area contributed by atoms with Gasteiger partial charge in [0.05, 0.1) is 29.4 Å². The van der Waals surface area contributed by atoms with E-state index in [0.717, 1.165) is 22.4 Å². The van der Waals surface area contributed by atoms with Gasteiger partial charge < -0.3 is 4.90 Å². The number of aromatic nitrogens is 4. The molecule has 136 valence electrons. The number of carbonyl (C=O) groups is 1. The van der Waals surface area contributed by atoms with E-state index in [-0.39, 0.29) is 18.0 Å². The lowest BCUT2D eigenvalue weighted by Crippen LogP contribution is -2.36. The summed E-state index contributed by atoms with van der Waals surface area (Å²) in [6.07, 6.45) is 3.49. The maximum atomic E-state index is 13.4. The molecular formula is C20H25N5O. The number of amides is 1. The van der Waals surface area contributed by atoms with Gasteiger partial charge in [-0.25, -0.2) is 9.67 Å². The number of hydrogen-bond acceptors (Lipinski definition) is 4. The third-order valence-corrected chi connectivity index (χ3v) is 4.36. The summed E-state index contributed by atoms with van der Waals surface area (Å²) in [5, 5.41) is 5.23. The molecule has 0 saturated carbocycles. The van der Waals surface area contributed by atoms with Crippen molar-refractivity contribution in [3.63, 3.8) is 0 Å². The van der Waals surface area contributed by atoms with Crippen LogP contribution in [0.5, 0.6) is 0 Å². The smallest absolute Gasteiger partial charge is 0.255 e. The summed E-state index contributed by atoms with van der Waals surface area (Å²) in [6, 6.07) is 7.83. The van der Waals surface area contributed by atoms with E-state index in [1.807, 2.05) is 54.6 Å². The van der Waals surface area contributed by atoms with Crippen molar-refractivity contribution in [2.24, 2.45) is 0 Å². The summed E-state index contributed by atoms with van der Waals surface area (Å²) in [6.45, 7) is 10.5. The molecule has 0 saturated heterocycles. The monoisotopic (exact) mass is 351 g/mol. The molecule has 0 atom stereocenters. The third kappa shape index (κ3) is 3.45. The Kier molecular flexibility index (Phi) is 5.02. The van der Waals surface area contributed by atoms with Crippen molar-refractivity contribution in [3.05, 3.63) is 53.6 Å². The summed E-state index contributed by atoms with van der Waals surface area (Å²) in [4.78, 5) is 24.2. The molecule has 0 aliphatic heterocycles. The van der Waals surface area contributed by atoms with Crippen molar-refractivity contribution < 1.29 is 4.79 Å². The van der Waals surface area contributed by atoms with E-state index < -0.39 is 0 Å². The van der Waals surface area contributed by atoms with Crippen molar-refractivity contribution >= 4 is 16.9 Å². The van der Waals surface area contributed by atoms with Crippen molar-refractivity contribution in [3.8, 4) is 0 Å². The molecule has 0 fully saturated rings. The fourth-order valence-corrected chi connectivity index (χ4v) is 3.01. The number of carbonyl (C=O) groups excluding carboxylic acids is 1. The molecule has 6 nitrogen and oxygen atoms in total. The Labute approximate surface area is 153 Å². The Morgan fingerprint density at radius 1 is 1.23 bits per heavy atom. The van der Waals surface area contributed by atoms with Crippen molar-refractivity contribution in [2.45, 2.75) is 53.2 Å². The second-order valence-electron chi connectivity index (χ2n) is 7.08. The summed E-state index contributed by atoms with van der Waals surface area (Å²) in [5.41, 5.74) is 3.08. The van der Waals surface area contributed by atoms with Gasteiger partial charge in [0.15, 0.2) is 5.65 Å². The van der Waals surface area contributed by atoms with Crippen LogP contribution in [0.4, 0.5) is 0 Å². The molecule has 1 amide bonds. The van der Waals surface area contributed by atoms with E-state index in [4.69, 9.17) is 0 Å². The minimum atomic E-state index is -0.0236. The molecule has 0 aliphatic rings. The Hall–Kier alpha value is -2.76. The predicted molar refractivity (Wildman–Crippen MR) is 102 cm³/mol. The highest BCUT2D eigenvalue weighted by Crippen LogP contribution is 2.23. The van der Waals surface area contributed by atoms with E-state index in [0.29, 0.717) is 12.1 Å². The van der Waals surface area contributed by atoms with Gasteiger partial charge in [0.25, 0.3) is 5.91 Å². The molecule has 3 rings (SSSR count). The zero-order valence-electron chi connectivity index (χ0n) is 16.0. The van der Waals surface area contributed by atoms with Gasteiger partial charge in [-0.15, -0.1) is 0 Å². The minimum Gasteiger partial charge on any atom is -0.330 e. The van der Waals surface area contributed by atoms with E-state index in [9.17, 15) is 4.79 Å². The molecule has 3 aromatic heterocycles. The number of nitrogens with zero attached hydrogens (tertiary/aromatic N) is 5. The summed E-state index contributed by atoms with van der Waals surface area (Å²) in [7, 11) is 0. The van der Waals surface area contributed by atoms with E-state index in [2.05, 4.69) is 28.9 Å². The first-order valence-corrected chi connectivity index (χ1v) is 8.94. The van der Waals surface area contributed by atoms with Crippen LogP contribution < -0.4 is 0 Å². The van der Waals surface area contributed by atoms with E-state index in [1.165, 1.54) is 0 Å². The predicted octanol–water partition coefficient (Wildman–Crippen LogP) is 3.77. The van der Waals surface area contributed by atoms with Crippen molar-refractivity contribution in [1.29, 1.82) is 0 Å². The SMILES string of the molecule is Cc1cc(C(=O)N(Cc2ccccn2)C(C)C)c2cnn(C(C)C)c2n1. The van der Waals surface area contributed by atoms with Crippen molar-refractivity contribution in [2.75, 3.05) is 0 Å². The molecule has 26 heavy (non-hydrogen) atoms. The number of rotatable bonds is 5. The number of hydrogen-bond donors (Lipinski definition) is 0. The van der Waals surface area contributed by atoms with Crippen LogP contribution >= 0.6 is 0 Å². The van der Waals surface area contributed by atoms with Gasteiger partial charge >= 0.3 is 0 Å². The highest BCUT2D eigenvalue weighted by molar-refractivity contribution is 6.05. The third-order valence-electron chi connectivity index (χ3n) is 4.36. The molecule has 3 heterocycles. The summed E-state index contributed by atoms with van der Waals surface area (Å²) in [5.74, 6) is -0.0236. The Balaban J connectivity index is 2.04. The second-order valence-corrected chi connectivity index (χ2v) is 7.08. The maximum Gasteiger partial charge on any atom is 0.255 e. The highest BCUT2D eigenvalue weighted by atomic mass is 16.2. The highest BCUT2D eigenvalue weighted by Gasteiger charge is 2.24. The van der Waals surface area contributed by atoms with Crippen molar-refractivity contribution in [1.82, 2.24) is 24.6 Å². The molecule has 0 spiro atoms. The normalized spacial score (nSPS) is 11.5. The zero-order valence-corrected chi connectivity index (χ0v) is 16.0. The van der Waals surface area contributed by atoms with Crippen LogP contribution in [0.1, 0.15) is 55.5 Å². The van der Waals surface area contributed by atoms with Gasteiger partial charge in [0.1, 0.15) is 0 Å². The Morgan fingerprint density at radius 3 is 2.62 bits per heavy atom. The van der Waals surface area contributed by atoms with Crippen LogP contribution in [0.3, 0.4) is 0 Å². The summed E-state index contributed by atoms with van der Waals surface area (Å²) < 4.78 is 1.86. The molecule has 0 bridgehead atoms. The molecule has 0 radical (unpaired) electrons.